The van der Waals surface area contributed by atoms with Crippen LogP contribution in [0.15, 0.2) is 158 Å². The first-order valence-corrected chi connectivity index (χ1v) is 15.9. The van der Waals surface area contributed by atoms with Gasteiger partial charge in [-0.05, 0) is 65.7 Å². The normalized spacial score (nSPS) is 11.6. The molecule has 0 unspecified atom stereocenters. The number of aromatic nitrogens is 2. The van der Waals surface area contributed by atoms with Crippen LogP contribution in [0.5, 0.6) is 0 Å². The first-order valence-electron chi connectivity index (χ1n) is 15.2. The van der Waals surface area contributed by atoms with Gasteiger partial charge in [-0.25, -0.2) is 0 Å². The van der Waals surface area contributed by atoms with Gasteiger partial charge in [0, 0.05) is 11.1 Å². The van der Waals surface area contributed by atoms with Crippen molar-refractivity contribution in [3.05, 3.63) is 158 Å². The van der Waals surface area contributed by atoms with E-state index < -0.39 is 0 Å². The van der Waals surface area contributed by atoms with Gasteiger partial charge >= 0.3 is 0 Å². The van der Waals surface area contributed by atoms with Crippen molar-refractivity contribution in [3.8, 4) is 44.5 Å². The molecule has 0 radical (unpaired) electrons. The maximum atomic E-state index is 5.03. The van der Waals surface area contributed by atoms with Gasteiger partial charge in [0.15, 0.2) is 0 Å². The van der Waals surface area contributed by atoms with Crippen molar-refractivity contribution in [1.29, 1.82) is 0 Å². The molecule has 0 bridgehead atoms. The number of hydrogen-bond acceptors (Lipinski definition) is 3. The second kappa shape index (κ2) is 10.5. The Morgan fingerprint density at radius 3 is 1.13 bits per heavy atom. The van der Waals surface area contributed by atoms with Crippen LogP contribution in [-0.4, -0.2) is 8.75 Å². The molecule has 0 aliphatic carbocycles. The third-order valence-corrected chi connectivity index (χ3v) is 9.47. The van der Waals surface area contributed by atoms with E-state index in [4.69, 9.17) is 8.75 Å². The maximum Gasteiger partial charge on any atom is 0.113 e. The maximum absolute atomic E-state index is 5.03. The quantitative estimate of drug-likeness (QED) is 0.204. The fourth-order valence-electron chi connectivity index (χ4n) is 7.05. The largest absolute Gasteiger partial charge is 0.172 e. The molecule has 8 aromatic carbocycles. The Morgan fingerprint density at radius 1 is 0.333 bits per heavy atom. The zero-order valence-electron chi connectivity index (χ0n) is 24.3. The van der Waals surface area contributed by atoms with E-state index in [1.165, 1.54) is 77.4 Å². The Morgan fingerprint density at radius 2 is 0.711 bits per heavy atom. The SMILES string of the molecule is c1ccc(-c2cccc3cccc(-c4c5ccccc5c(-c5cccc6cccc(-c7ccccc7)c56)c5nsnc45)c23)cc1. The van der Waals surface area contributed by atoms with Crippen LogP contribution in [0.1, 0.15) is 0 Å². The molecule has 0 saturated carbocycles. The summed E-state index contributed by atoms with van der Waals surface area (Å²) < 4.78 is 10.1. The average molecular weight is 591 g/mol. The third-order valence-electron chi connectivity index (χ3n) is 8.95. The highest BCUT2D eigenvalue weighted by atomic mass is 32.1. The summed E-state index contributed by atoms with van der Waals surface area (Å²) in [7, 11) is 0. The van der Waals surface area contributed by atoms with Crippen LogP contribution in [0.25, 0.3) is 87.9 Å². The molecule has 0 atom stereocenters. The predicted octanol–water partition coefficient (Wildman–Crippen LogP) is 11.8. The zero-order chi connectivity index (χ0) is 29.7. The second-order valence-corrected chi connectivity index (χ2v) is 11.9. The van der Waals surface area contributed by atoms with E-state index in [0.29, 0.717) is 0 Å². The van der Waals surface area contributed by atoms with Crippen molar-refractivity contribution in [2.75, 3.05) is 0 Å². The summed E-state index contributed by atoms with van der Waals surface area (Å²) in [5.74, 6) is 0. The van der Waals surface area contributed by atoms with Crippen LogP contribution in [0.4, 0.5) is 0 Å². The molecule has 3 heteroatoms. The van der Waals surface area contributed by atoms with E-state index in [0.717, 1.165) is 22.2 Å². The van der Waals surface area contributed by atoms with E-state index >= 15 is 0 Å². The fraction of sp³-hybridized carbons (Fsp3) is 0. The zero-order valence-corrected chi connectivity index (χ0v) is 25.1. The van der Waals surface area contributed by atoms with Crippen LogP contribution in [0.3, 0.4) is 0 Å². The van der Waals surface area contributed by atoms with Crippen molar-refractivity contribution < 1.29 is 0 Å². The molecule has 0 aliphatic rings. The Labute approximate surface area is 265 Å². The molecule has 0 N–H and O–H groups in total. The number of hydrogen-bond donors (Lipinski definition) is 0. The first-order chi connectivity index (χ1) is 22.4. The fourth-order valence-corrected chi connectivity index (χ4v) is 7.61. The first kappa shape index (κ1) is 25.8. The van der Waals surface area contributed by atoms with E-state index in [1.807, 2.05) is 0 Å². The van der Waals surface area contributed by atoms with Crippen LogP contribution in [-0.2, 0) is 0 Å². The molecule has 2 nitrogen and oxygen atoms in total. The monoisotopic (exact) mass is 590 g/mol. The Bertz CT molecular complexity index is 2350. The molecule has 0 amide bonds. The highest BCUT2D eigenvalue weighted by molar-refractivity contribution is 7.00. The minimum Gasteiger partial charge on any atom is -0.172 e. The molecular formula is C42H26N2S. The van der Waals surface area contributed by atoms with Crippen molar-refractivity contribution in [1.82, 2.24) is 8.75 Å². The molecule has 0 spiro atoms. The molecule has 0 fully saturated rings. The number of benzene rings is 8. The van der Waals surface area contributed by atoms with Crippen molar-refractivity contribution in [2.24, 2.45) is 0 Å². The molecule has 45 heavy (non-hydrogen) atoms. The lowest BCUT2D eigenvalue weighted by atomic mass is 9.84. The van der Waals surface area contributed by atoms with Gasteiger partial charge in [0.1, 0.15) is 11.0 Å². The van der Waals surface area contributed by atoms with Crippen LogP contribution < -0.4 is 0 Å². The second-order valence-electron chi connectivity index (χ2n) is 11.4. The van der Waals surface area contributed by atoms with Gasteiger partial charge in [0.25, 0.3) is 0 Å². The molecule has 9 aromatic rings. The molecule has 0 saturated heterocycles. The van der Waals surface area contributed by atoms with E-state index in [9.17, 15) is 0 Å². The minimum atomic E-state index is 0.943. The van der Waals surface area contributed by atoms with Crippen molar-refractivity contribution >= 4 is 55.1 Å². The molecule has 210 valence electrons. The highest BCUT2D eigenvalue weighted by Crippen LogP contribution is 2.48. The molecule has 9 rings (SSSR count). The summed E-state index contributed by atoms with van der Waals surface area (Å²) in [6, 6.07) is 56.6. The molecule has 0 aliphatic heterocycles. The van der Waals surface area contributed by atoms with Gasteiger partial charge in [0.05, 0.1) is 11.7 Å². The number of fused-ring (bicyclic) bond motifs is 4. The van der Waals surface area contributed by atoms with E-state index in [2.05, 4.69) is 158 Å². The van der Waals surface area contributed by atoms with Crippen LogP contribution >= 0.6 is 11.7 Å². The molecular weight excluding hydrogens is 565 g/mol. The predicted molar refractivity (Wildman–Crippen MR) is 192 cm³/mol. The van der Waals surface area contributed by atoms with Gasteiger partial charge in [0.2, 0.25) is 0 Å². The van der Waals surface area contributed by atoms with Crippen LogP contribution in [0, 0.1) is 0 Å². The van der Waals surface area contributed by atoms with Crippen molar-refractivity contribution in [3.63, 3.8) is 0 Å². The molecule has 1 aromatic heterocycles. The van der Waals surface area contributed by atoms with Crippen LogP contribution in [0.2, 0.25) is 0 Å². The Hall–Kier alpha value is -5.64. The lowest BCUT2D eigenvalue weighted by molar-refractivity contribution is 1.61. The summed E-state index contributed by atoms with van der Waals surface area (Å²) >= 11 is 1.29. The summed E-state index contributed by atoms with van der Waals surface area (Å²) in [6.07, 6.45) is 0. The summed E-state index contributed by atoms with van der Waals surface area (Å²) in [5, 5.41) is 7.24. The lowest BCUT2D eigenvalue weighted by Gasteiger charge is -2.18. The van der Waals surface area contributed by atoms with E-state index in [1.54, 1.807) is 0 Å². The van der Waals surface area contributed by atoms with Crippen molar-refractivity contribution in [2.45, 2.75) is 0 Å². The number of nitrogens with zero attached hydrogens (tertiary/aromatic N) is 2. The number of rotatable bonds is 4. The average Bonchev–Trinajstić information content (AvgIpc) is 3.60. The van der Waals surface area contributed by atoms with Gasteiger partial charge in [-0.15, -0.1) is 0 Å². The summed E-state index contributed by atoms with van der Waals surface area (Å²) in [5.41, 5.74) is 11.3. The van der Waals surface area contributed by atoms with Gasteiger partial charge in [-0.3, -0.25) is 0 Å². The van der Waals surface area contributed by atoms with Gasteiger partial charge in [-0.1, -0.05) is 158 Å². The molecule has 1 heterocycles. The summed E-state index contributed by atoms with van der Waals surface area (Å²) in [6.45, 7) is 0. The Balaban J connectivity index is 1.41. The highest BCUT2D eigenvalue weighted by Gasteiger charge is 2.23. The minimum absolute atomic E-state index is 0.943. The standard InChI is InChI=1S/C42H26N2S/c1-3-13-27(14-4-1)31-23-9-17-29-19-11-25-35(37(29)31)39-33-21-7-8-22-34(33)40(42-41(39)43-45-44-42)36-26-12-20-30-18-10-24-32(38(30)36)28-15-5-2-6-16-28/h1-26H. The van der Waals surface area contributed by atoms with Gasteiger partial charge < -0.3 is 0 Å². The van der Waals surface area contributed by atoms with E-state index in [-0.39, 0.29) is 0 Å². The third kappa shape index (κ3) is 4.09. The van der Waals surface area contributed by atoms with Gasteiger partial charge in [-0.2, -0.15) is 8.75 Å². The summed E-state index contributed by atoms with van der Waals surface area (Å²) in [4.78, 5) is 0. The smallest absolute Gasteiger partial charge is 0.113 e. The topological polar surface area (TPSA) is 25.8 Å². The lowest BCUT2D eigenvalue weighted by Crippen LogP contribution is -1.93. The Kier molecular flexibility index (Phi) is 6.03.